The van der Waals surface area contributed by atoms with E-state index in [2.05, 4.69) is 10.0 Å². The van der Waals surface area contributed by atoms with Crippen molar-refractivity contribution >= 4 is 10.0 Å². The molecule has 0 amide bonds. The van der Waals surface area contributed by atoms with Crippen molar-refractivity contribution in [1.82, 2.24) is 10.0 Å². The Balaban J connectivity index is 1.86. The summed E-state index contributed by atoms with van der Waals surface area (Å²) in [5.74, 6) is -1.88. The first-order chi connectivity index (χ1) is 8.99. The van der Waals surface area contributed by atoms with Gasteiger partial charge in [-0.05, 0) is 37.9 Å². The first-order valence-electron chi connectivity index (χ1n) is 6.17. The van der Waals surface area contributed by atoms with Crippen molar-refractivity contribution in [3.8, 4) is 0 Å². The molecule has 0 aliphatic heterocycles. The monoisotopic (exact) mass is 290 g/mol. The minimum absolute atomic E-state index is 0.221. The van der Waals surface area contributed by atoms with Gasteiger partial charge in [0.1, 0.15) is 16.5 Å². The summed E-state index contributed by atoms with van der Waals surface area (Å²) in [4.78, 5) is -0.524. The molecule has 1 fully saturated rings. The topological polar surface area (TPSA) is 58.2 Å². The van der Waals surface area contributed by atoms with Crippen LogP contribution in [0.15, 0.2) is 23.1 Å². The first-order valence-corrected chi connectivity index (χ1v) is 7.65. The van der Waals surface area contributed by atoms with Crippen LogP contribution >= 0.6 is 0 Å². The van der Waals surface area contributed by atoms with Crippen LogP contribution in [0.2, 0.25) is 0 Å². The molecule has 0 saturated heterocycles. The molecule has 0 aromatic heterocycles. The Bertz CT molecular complexity index is 545. The molecular weight excluding hydrogens is 274 g/mol. The van der Waals surface area contributed by atoms with Crippen molar-refractivity contribution in [1.29, 1.82) is 0 Å². The lowest BCUT2D eigenvalue weighted by atomic mass is 10.3. The number of rotatable bonds is 7. The van der Waals surface area contributed by atoms with Gasteiger partial charge in [0.25, 0.3) is 0 Å². The van der Waals surface area contributed by atoms with Crippen LogP contribution < -0.4 is 10.0 Å². The fourth-order valence-corrected chi connectivity index (χ4v) is 2.79. The van der Waals surface area contributed by atoms with E-state index in [9.17, 15) is 17.2 Å². The zero-order valence-electron chi connectivity index (χ0n) is 10.3. The number of halogens is 2. The lowest BCUT2D eigenvalue weighted by Crippen LogP contribution is -2.28. The van der Waals surface area contributed by atoms with Crippen molar-refractivity contribution in [2.75, 3.05) is 13.1 Å². The Labute approximate surface area is 111 Å². The molecule has 2 N–H and O–H groups in total. The molecule has 1 aromatic rings. The molecule has 106 valence electrons. The molecule has 1 aliphatic carbocycles. The fraction of sp³-hybridized carbons (Fsp3) is 0.500. The summed E-state index contributed by atoms with van der Waals surface area (Å²) in [6, 6.07) is 2.98. The summed E-state index contributed by atoms with van der Waals surface area (Å²) < 4.78 is 51.9. The zero-order valence-corrected chi connectivity index (χ0v) is 11.1. The van der Waals surface area contributed by atoms with Crippen LogP contribution in [-0.4, -0.2) is 27.5 Å². The minimum Gasteiger partial charge on any atom is -0.314 e. The molecule has 0 bridgehead atoms. The molecule has 0 heterocycles. The summed E-state index contributed by atoms with van der Waals surface area (Å²) in [5, 5.41) is 3.24. The molecule has 1 saturated carbocycles. The van der Waals surface area contributed by atoms with E-state index in [1.54, 1.807) is 0 Å². The Kier molecular flexibility index (Phi) is 4.49. The van der Waals surface area contributed by atoms with Crippen LogP contribution in [0.1, 0.15) is 19.3 Å². The normalized spacial score (nSPS) is 15.7. The largest absolute Gasteiger partial charge is 0.314 e. The Hall–Kier alpha value is -1.05. The lowest BCUT2D eigenvalue weighted by molar-refractivity contribution is 0.541. The average molecular weight is 290 g/mol. The summed E-state index contributed by atoms with van der Waals surface area (Å²) >= 11 is 0. The molecule has 4 nitrogen and oxygen atoms in total. The van der Waals surface area contributed by atoms with Crippen molar-refractivity contribution in [2.24, 2.45) is 0 Å². The Morgan fingerprint density at radius 1 is 1.21 bits per heavy atom. The van der Waals surface area contributed by atoms with Crippen molar-refractivity contribution in [2.45, 2.75) is 30.2 Å². The molecule has 0 radical (unpaired) electrons. The fourth-order valence-electron chi connectivity index (χ4n) is 1.66. The third kappa shape index (κ3) is 4.22. The van der Waals surface area contributed by atoms with Crippen molar-refractivity contribution < 1.29 is 17.2 Å². The molecule has 0 atom stereocenters. The number of benzene rings is 1. The molecule has 7 heteroatoms. The van der Waals surface area contributed by atoms with Gasteiger partial charge >= 0.3 is 0 Å². The van der Waals surface area contributed by atoms with Crippen LogP contribution in [0.25, 0.3) is 0 Å². The third-order valence-corrected chi connectivity index (χ3v) is 4.33. The molecule has 19 heavy (non-hydrogen) atoms. The second-order valence-corrected chi connectivity index (χ2v) is 6.29. The molecule has 0 unspecified atom stereocenters. The van der Waals surface area contributed by atoms with Crippen LogP contribution in [0.4, 0.5) is 8.78 Å². The smallest absolute Gasteiger partial charge is 0.243 e. The third-order valence-electron chi connectivity index (χ3n) is 2.84. The highest BCUT2D eigenvalue weighted by molar-refractivity contribution is 7.89. The SMILES string of the molecule is O=S(=O)(NCCCNC1CC1)c1ccc(F)cc1F. The first kappa shape index (κ1) is 14.4. The van der Waals surface area contributed by atoms with E-state index >= 15 is 0 Å². The molecule has 2 rings (SSSR count). The highest BCUT2D eigenvalue weighted by Gasteiger charge is 2.20. The van der Waals surface area contributed by atoms with Crippen LogP contribution in [-0.2, 0) is 10.0 Å². The second-order valence-electron chi connectivity index (χ2n) is 4.55. The van der Waals surface area contributed by atoms with E-state index in [1.165, 1.54) is 12.8 Å². The van der Waals surface area contributed by atoms with Gasteiger partial charge < -0.3 is 5.32 Å². The maximum atomic E-state index is 13.4. The maximum absolute atomic E-state index is 13.4. The van der Waals surface area contributed by atoms with E-state index < -0.39 is 26.6 Å². The molecule has 1 aliphatic rings. The van der Waals surface area contributed by atoms with Gasteiger partial charge in [-0.2, -0.15) is 0 Å². The number of nitrogens with one attached hydrogen (secondary N) is 2. The van der Waals surface area contributed by atoms with Gasteiger partial charge in [-0.1, -0.05) is 0 Å². The van der Waals surface area contributed by atoms with Gasteiger partial charge in [0.2, 0.25) is 10.0 Å². The van der Waals surface area contributed by atoms with Crippen LogP contribution in [0.5, 0.6) is 0 Å². The van der Waals surface area contributed by atoms with E-state index in [0.29, 0.717) is 18.5 Å². The van der Waals surface area contributed by atoms with E-state index in [0.717, 1.165) is 18.7 Å². The highest BCUT2D eigenvalue weighted by atomic mass is 32.2. The van der Waals surface area contributed by atoms with Gasteiger partial charge in [-0.25, -0.2) is 21.9 Å². The predicted molar refractivity (Wildman–Crippen MR) is 67.2 cm³/mol. The zero-order chi connectivity index (χ0) is 13.9. The van der Waals surface area contributed by atoms with Gasteiger partial charge in [-0.15, -0.1) is 0 Å². The Morgan fingerprint density at radius 2 is 1.95 bits per heavy atom. The summed E-state index contributed by atoms with van der Waals surface area (Å²) in [5.41, 5.74) is 0. The number of hydrogen-bond donors (Lipinski definition) is 2. The molecular formula is C12H16F2N2O2S. The second kappa shape index (κ2) is 5.94. The maximum Gasteiger partial charge on any atom is 0.243 e. The van der Waals surface area contributed by atoms with Gasteiger partial charge in [0, 0.05) is 18.7 Å². The van der Waals surface area contributed by atoms with E-state index in [4.69, 9.17) is 0 Å². The quantitative estimate of drug-likeness (QED) is 0.746. The minimum atomic E-state index is -3.91. The van der Waals surface area contributed by atoms with Gasteiger partial charge in [-0.3, -0.25) is 0 Å². The van der Waals surface area contributed by atoms with Gasteiger partial charge in [0.15, 0.2) is 0 Å². The standard InChI is InChI=1S/C12H16F2N2O2S/c13-9-2-5-12(11(14)8-9)19(17,18)16-7-1-6-15-10-3-4-10/h2,5,8,10,15-16H,1,3-4,6-7H2. The van der Waals surface area contributed by atoms with Gasteiger partial charge in [0.05, 0.1) is 0 Å². The summed E-state index contributed by atoms with van der Waals surface area (Å²) in [6.07, 6.45) is 2.97. The van der Waals surface area contributed by atoms with Crippen LogP contribution in [0, 0.1) is 11.6 Å². The van der Waals surface area contributed by atoms with Crippen molar-refractivity contribution in [3.63, 3.8) is 0 Å². The molecule has 0 spiro atoms. The Morgan fingerprint density at radius 3 is 2.58 bits per heavy atom. The van der Waals surface area contributed by atoms with E-state index in [1.807, 2.05) is 0 Å². The van der Waals surface area contributed by atoms with Crippen molar-refractivity contribution in [3.05, 3.63) is 29.8 Å². The lowest BCUT2D eigenvalue weighted by Gasteiger charge is -2.08. The number of sulfonamides is 1. The number of hydrogen-bond acceptors (Lipinski definition) is 3. The highest BCUT2D eigenvalue weighted by Crippen LogP contribution is 2.18. The predicted octanol–water partition coefficient (Wildman–Crippen LogP) is 1.39. The average Bonchev–Trinajstić information content (AvgIpc) is 3.11. The van der Waals surface area contributed by atoms with E-state index in [-0.39, 0.29) is 6.54 Å². The van der Waals surface area contributed by atoms with Crippen LogP contribution in [0.3, 0.4) is 0 Å². The summed E-state index contributed by atoms with van der Waals surface area (Å²) in [7, 11) is -3.91. The summed E-state index contributed by atoms with van der Waals surface area (Å²) in [6.45, 7) is 0.942. The molecule has 1 aromatic carbocycles.